The highest BCUT2D eigenvalue weighted by atomic mass is 35.5. The molecule has 0 saturated heterocycles. The summed E-state index contributed by atoms with van der Waals surface area (Å²) >= 11 is 5.81. The lowest BCUT2D eigenvalue weighted by atomic mass is 10.3. The SMILES string of the molecule is Cc1nc(NCCNC(=O)Nc2ccc(Cl)cc2)cc(-n2cccn2)n1. The molecule has 3 N–H and O–H groups in total. The summed E-state index contributed by atoms with van der Waals surface area (Å²) in [6.07, 6.45) is 3.50. The number of anilines is 2. The lowest BCUT2D eigenvalue weighted by Gasteiger charge is -2.10. The topological polar surface area (TPSA) is 96.8 Å². The average Bonchev–Trinajstić information content (AvgIpc) is 3.15. The Hall–Kier alpha value is -3.13. The van der Waals surface area contributed by atoms with Crippen molar-refractivity contribution in [3.63, 3.8) is 0 Å². The summed E-state index contributed by atoms with van der Waals surface area (Å²) in [5.74, 6) is 1.98. The normalized spacial score (nSPS) is 10.4. The van der Waals surface area contributed by atoms with E-state index in [2.05, 4.69) is 31.0 Å². The maximum atomic E-state index is 11.9. The minimum Gasteiger partial charge on any atom is -0.368 e. The largest absolute Gasteiger partial charge is 0.368 e. The number of aromatic nitrogens is 4. The summed E-state index contributed by atoms with van der Waals surface area (Å²) in [5, 5.41) is 13.4. The number of nitrogens with one attached hydrogen (secondary N) is 3. The molecule has 0 fully saturated rings. The van der Waals surface area contributed by atoms with Gasteiger partial charge in [0.2, 0.25) is 0 Å². The number of halogens is 1. The molecule has 8 nitrogen and oxygen atoms in total. The molecular weight excluding hydrogens is 354 g/mol. The van der Waals surface area contributed by atoms with Crippen molar-refractivity contribution < 1.29 is 4.79 Å². The Bertz CT molecular complexity index is 865. The predicted molar refractivity (Wildman–Crippen MR) is 101 cm³/mol. The van der Waals surface area contributed by atoms with Crippen LogP contribution in [0.4, 0.5) is 16.3 Å². The van der Waals surface area contributed by atoms with E-state index in [-0.39, 0.29) is 6.03 Å². The van der Waals surface area contributed by atoms with Gasteiger partial charge in [-0.3, -0.25) is 0 Å². The molecule has 0 saturated carbocycles. The van der Waals surface area contributed by atoms with Crippen LogP contribution >= 0.6 is 11.6 Å². The molecule has 3 rings (SSSR count). The van der Waals surface area contributed by atoms with E-state index in [1.165, 1.54) is 0 Å². The van der Waals surface area contributed by atoms with E-state index in [9.17, 15) is 4.79 Å². The smallest absolute Gasteiger partial charge is 0.319 e. The number of urea groups is 1. The second kappa shape index (κ2) is 8.30. The summed E-state index contributed by atoms with van der Waals surface area (Å²) in [7, 11) is 0. The third-order valence-corrected chi connectivity index (χ3v) is 3.63. The highest BCUT2D eigenvalue weighted by Gasteiger charge is 2.05. The van der Waals surface area contributed by atoms with Gasteiger partial charge in [0.15, 0.2) is 5.82 Å². The third-order valence-electron chi connectivity index (χ3n) is 3.38. The van der Waals surface area contributed by atoms with Gasteiger partial charge in [0.1, 0.15) is 11.6 Å². The lowest BCUT2D eigenvalue weighted by Crippen LogP contribution is -2.32. The second-order valence-electron chi connectivity index (χ2n) is 5.42. The van der Waals surface area contributed by atoms with Crippen molar-refractivity contribution in [2.45, 2.75) is 6.92 Å². The van der Waals surface area contributed by atoms with Crippen LogP contribution in [0.1, 0.15) is 5.82 Å². The quantitative estimate of drug-likeness (QED) is 0.579. The zero-order chi connectivity index (χ0) is 18.4. The van der Waals surface area contributed by atoms with E-state index in [0.29, 0.717) is 41.3 Å². The number of carbonyl (C=O) groups excluding carboxylic acids is 1. The van der Waals surface area contributed by atoms with Gasteiger partial charge >= 0.3 is 6.03 Å². The highest BCUT2D eigenvalue weighted by molar-refractivity contribution is 6.30. The number of aryl methyl sites for hydroxylation is 1. The van der Waals surface area contributed by atoms with E-state index in [0.717, 1.165) is 0 Å². The van der Waals surface area contributed by atoms with Crippen LogP contribution in [0.3, 0.4) is 0 Å². The Labute approximate surface area is 155 Å². The van der Waals surface area contributed by atoms with Crippen LogP contribution in [0.2, 0.25) is 5.02 Å². The summed E-state index contributed by atoms with van der Waals surface area (Å²) in [6, 6.07) is 10.2. The molecule has 2 aromatic heterocycles. The lowest BCUT2D eigenvalue weighted by molar-refractivity contribution is 0.252. The van der Waals surface area contributed by atoms with E-state index >= 15 is 0 Å². The Kier molecular flexibility index (Phi) is 5.65. The molecule has 0 spiro atoms. The molecule has 26 heavy (non-hydrogen) atoms. The van der Waals surface area contributed by atoms with Crippen molar-refractivity contribution in [1.29, 1.82) is 0 Å². The average molecular weight is 372 g/mol. The van der Waals surface area contributed by atoms with Crippen LogP contribution in [0, 0.1) is 6.92 Å². The monoisotopic (exact) mass is 371 g/mol. The Balaban J connectivity index is 1.47. The molecule has 3 aromatic rings. The van der Waals surface area contributed by atoms with Gasteiger partial charge in [0.25, 0.3) is 0 Å². The fourth-order valence-electron chi connectivity index (χ4n) is 2.24. The van der Waals surface area contributed by atoms with Crippen LogP contribution in [0.15, 0.2) is 48.8 Å². The van der Waals surface area contributed by atoms with Gasteiger partial charge in [-0.15, -0.1) is 0 Å². The maximum absolute atomic E-state index is 11.9. The van der Waals surface area contributed by atoms with Crippen LogP contribution in [-0.4, -0.2) is 38.9 Å². The minimum atomic E-state index is -0.287. The molecular formula is C17H18ClN7O. The molecule has 134 valence electrons. The number of hydrogen-bond acceptors (Lipinski definition) is 5. The molecule has 0 unspecified atom stereocenters. The molecule has 0 atom stereocenters. The van der Waals surface area contributed by atoms with Gasteiger partial charge in [-0.2, -0.15) is 5.10 Å². The van der Waals surface area contributed by atoms with Crippen molar-refractivity contribution in [3.8, 4) is 5.82 Å². The van der Waals surface area contributed by atoms with Crippen LogP contribution in [0.5, 0.6) is 0 Å². The van der Waals surface area contributed by atoms with E-state index in [1.807, 2.05) is 19.2 Å². The van der Waals surface area contributed by atoms with Crippen molar-refractivity contribution >= 4 is 29.1 Å². The summed E-state index contributed by atoms with van der Waals surface area (Å²) < 4.78 is 1.66. The molecule has 2 amide bonds. The Morgan fingerprint density at radius 1 is 1.19 bits per heavy atom. The van der Waals surface area contributed by atoms with E-state index in [1.54, 1.807) is 41.2 Å². The molecule has 0 aliphatic carbocycles. The second-order valence-corrected chi connectivity index (χ2v) is 5.86. The molecule has 2 heterocycles. The van der Waals surface area contributed by atoms with Crippen LogP contribution in [0.25, 0.3) is 5.82 Å². The first kappa shape index (κ1) is 17.7. The van der Waals surface area contributed by atoms with Crippen molar-refractivity contribution in [2.24, 2.45) is 0 Å². The number of rotatable bonds is 6. The van der Waals surface area contributed by atoms with Gasteiger partial charge in [-0.05, 0) is 37.3 Å². The third kappa shape index (κ3) is 4.93. The zero-order valence-corrected chi connectivity index (χ0v) is 14.9. The summed E-state index contributed by atoms with van der Waals surface area (Å²) in [4.78, 5) is 20.5. The van der Waals surface area contributed by atoms with E-state index in [4.69, 9.17) is 11.6 Å². The van der Waals surface area contributed by atoms with Crippen molar-refractivity contribution in [3.05, 3.63) is 59.6 Å². The highest BCUT2D eigenvalue weighted by Crippen LogP contribution is 2.13. The minimum absolute atomic E-state index is 0.287. The van der Waals surface area contributed by atoms with Gasteiger partial charge in [-0.25, -0.2) is 19.4 Å². The number of carbonyl (C=O) groups is 1. The number of amides is 2. The Morgan fingerprint density at radius 3 is 2.73 bits per heavy atom. The predicted octanol–water partition coefficient (Wildman–Crippen LogP) is 2.86. The fourth-order valence-corrected chi connectivity index (χ4v) is 2.37. The molecule has 1 aromatic carbocycles. The van der Waals surface area contributed by atoms with Gasteiger partial charge < -0.3 is 16.0 Å². The molecule has 9 heteroatoms. The molecule has 0 aliphatic heterocycles. The van der Waals surface area contributed by atoms with Crippen LogP contribution in [-0.2, 0) is 0 Å². The number of nitrogens with zero attached hydrogens (tertiary/aromatic N) is 4. The Morgan fingerprint density at radius 2 is 2.00 bits per heavy atom. The molecule has 0 radical (unpaired) electrons. The number of benzene rings is 1. The van der Waals surface area contributed by atoms with Crippen molar-refractivity contribution in [1.82, 2.24) is 25.1 Å². The van der Waals surface area contributed by atoms with Crippen LogP contribution < -0.4 is 16.0 Å². The van der Waals surface area contributed by atoms with E-state index < -0.39 is 0 Å². The van der Waals surface area contributed by atoms with Gasteiger partial charge in [-0.1, -0.05) is 11.6 Å². The molecule has 0 bridgehead atoms. The number of hydrogen-bond donors (Lipinski definition) is 3. The van der Waals surface area contributed by atoms with Crippen molar-refractivity contribution in [2.75, 3.05) is 23.7 Å². The maximum Gasteiger partial charge on any atom is 0.319 e. The first-order chi connectivity index (χ1) is 12.6. The first-order valence-corrected chi connectivity index (χ1v) is 8.38. The molecule has 0 aliphatic rings. The standard InChI is InChI=1S/C17H18ClN7O/c1-12-22-15(11-16(23-12)25-10-2-7-21-25)19-8-9-20-17(26)24-14-5-3-13(18)4-6-14/h2-7,10-11H,8-9H2,1H3,(H,19,22,23)(H2,20,24,26). The fraction of sp³-hybridized carbons (Fsp3) is 0.176. The summed E-state index contributed by atoms with van der Waals surface area (Å²) in [5.41, 5.74) is 0.676. The zero-order valence-electron chi connectivity index (χ0n) is 14.1. The van der Waals surface area contributed by atoms with Gasteiger partial charge in [0, 0.05) is 42.3 Å². The van der Waals surface area contributed by atoms with Gasteiger partial charge in [0.05, 0.1) is 0 Å². The first-order valence-electron chi connectivity index (χ1n) is 8.00. The summed E-state index contributed by atoms with van der Waals surface area (Å²) in [6.45, 7) is 2.76.